The molecule has 1 amide bonds. The van der Waals surface area contributed by atoms with Gasteiger partial charge in [-0.15, -0.1) is 0 Å². The third-order valence-electron chi connectivity index (χ3n) is 4.54. The molecule has 1 aliphatic rings. The first-order valence-electron chi connectivity index (χ1n) is 8.28. The van der Waals surface area contributed by atoms with E-state index < -0.39 is 0 Å². The van der Waals surface area contributed by atoms with Crippen molar-refractivity contribution in [2.24, 2.45) is 0 Å². The first-order valence-corrected chi connectivity index (χ1v) is 9.06. The molecule has 26 heavy (non-hydrogen) atoms. The second kappa shape index (κ2) is 6.80. The van der Waals surface area contributed by atoms with Gasteiger partial charge in [-0.2, -0.15) is 4.37 Å². The van der Waals surface area contributed by atoms with E-state index in [4.69, 9.17) is 9.47 Å². The van der Waals surface area contributed by atoms with Crippen LogP contribution in [0.4, 0.5) is 5.69 Å². The summed E-state index contributed by atoms with van der Waals surface area (Å²) in [4.78, 5) is 13.5. The van der Waals surface area contributed by atoms with Gasteiger partial charge in [-0.1, -0.05) is 42.5 Å². The zero-order valence-corrected chi connectivity index (χ0v) is 15.3. The second-order valence-corrected chi connectivity index (χ2v) is 6.83. The van der Waals surface area contributed by atoms with Crippen molar-refractivity contribution in [3.8, 4) is 22.8 Å². The maximum absolute atomic E-state index is 12.4. The van der Waals surface area contributed by atoms with Gasteiger partial charge in [0.2, 0.25) is 5.91 Å². The van der Waals surface area contributed by atoms with Gasteiger partial charge in [-0.3, -0.25) is 4.79 Å². The summed E-state index contributed by atoms with van der Waals surface area (Å²) in [6, 6.07) is 15.6. The summed E-state index contributed by atoms with van der Waals surface area (Å²) in [5, 5.41) is 3.01. The standard InChI is InChI=1S/C20H18N2O3S/c1-24-15-10-6-9-13(19(15)25-2)14-11-16(23)21-18-17(22-26-20(14)18)12-7-4-3-5-8-12/h3-10,14H,11H2,1-2H3,(H,21,23). The first-order chi connectivity index (χ1) is 12.7. The van der Waals surface area contributed by atoms with E-state index in [1.807, 2.05) is 48.5 Å². The molecule has 6 heteroatoms. The Kier molecular flexibility index (Phi) is 4.34. The van der Waals surface area contributed by atoms with Gasteiger partial charge >= 0.3 is 0 Å². The van der Waals surface area contributed by atoms with Gasteiger partial charge in [0.05, 0.1) is 24.8 Å². The lowest BCUT2D eigenvalue weighted by Gasteiger charge is -2.25. The van der Waals surface area contributed by atoms with Crippen molar-refractivity contribution in [3.63, 3.8) is 0 Å². The van der Waals surface area contributed by atoms with E-state index >= 15 is 0 Å². The summed E-state index contributed by atoms with van der Waals surface area (Å²) in [7, 11) is 3.23. The first kappa shape index (κ1) is 16.6. The number of ether oxygens (including phenoxy) is 2. The molecule has 0 fully saturated rings. The summed E-state index contributed by atoms with van der Waals surface area (Å²) in [6.07, 6.45) is 0.354. The van der Waals surface area contributed by atoms with Crippen LogP contribution in [0.5, 0.6) is 11.5 Å². The SMILES string of the molecule is COc1cccc(C2CC(=O)Nc3c(-c4ccccc4)nsc32)c1OC. The lowest BCUT2D eigenvalue weighted by molar-refractivity contribution is -0.116. The highest BCUT2D eigenvalue weighted by atomic mass is 32.1. The summed E-state index contributed by atoms with van der Waals surface area (Å²) < 4.78 is 15.6. The van der Waals surface area contributed by atoms with Crippen LogP contribution in [0, 0.1) is 0 Å². The fourth-order valence-corrected chi connectivity index (χ4v) is 4.32. The molecule has 0 saturated carbocycles. The van der Waals surface area contributed by atoms with Crippen molar-refractivity contribution in [2.75, 3.05) is 19.5 Å². The number of anilines is 1. The van der Waals surface area contributed by atoms with Gasteiger partial charge < -0.3 is 14.8 Å². The minimum absolute atomic E-state index is 0.0234. The van der Waals surface area contributed by atoms with Gasteiger partial charge in [0.25, 0.3) is 0 Å². The predicted molar refractivity (Wildman–Crippen MR) is 102 cm³/mol. The highest BCUT2D eigenvalue weighted by Crippen LogP contribution is 2.48. The van der Waals surface area contributed by atoms with Crippen LogP contribution in [0.3, 0.4) is 0 Å². The average Bonchev–Trinajstić information content (AvgIpc) is 3.11. The zero-order valence-electron chi connectivity index (χ0n) is 14.5. The van der Waals surface area contributed by atoms with Crippen LogP contribution < -0.4 is 14.8 Å². The Balaban J connectivity index is 1.85. The number of para-hydroxylation sites is 1. The third-order valence-corrected chi connectivity index (χ3v) is 5.50. The number of nitrogens with zero attached hydrogens (tertiary/aromatic N) is 1. The molecule has 1 unspecified atom stereocenters. The highest BCUT2D eigenvalue weighted by Gasteiger charge is 2.33. The van der Waals surface area contributed by atoms with Crippen molar-refractivity contribution in [1.82, 2.24) is 4.37 Å². The monoisotopic (exact) mass is 366 g/mol. The van der Waals surface area contributed by atoms with Crippen molar-refractivity contribution >= 4 is 23.1 Å². The van der Waals surface area contributed by atoms with Crippen LogP contribution in [0.2, 0.25) is 0 Å². The average molecular weight is 366 g/mol. The van der Waals surface area contributed by atoms with Gasteiger partial charge in [0.15, 0.2) is 11.5 Å². The number of hydrogen-bond acceptors (Lipinski definition) is 5. The number of carbonyl (C=O) groups excluding carboxylic acids is 1. The van der Waals surface area contributed by atoms with Crippen molar-refractivity contribution in [3.05, 3.63) is 59.0 Å². The number of fused-ring (bicyclic) bond motifs is 1. The van der Waals surface area contributed by atoms with Crippen molar-refractivity contribution in [1.29, 1.82) is 0 Å². The number of nitrogens with one attached hydrogen (secondary N) is 1. The molecule has 1 atom stereocenters. The fourth-order valence-electron chi connectivity index (χ4n) is 3.36. The molecule has 3 aromatic rings. The lowest BCUT2D eigenvalue weighted by atomic mass is 9.88. The Hall–Kier alpha value is -2.86. The van der Waals surface area contributed by atoms with Crippen LogP contribution in [0.1, 0.15) is 22.8 Å². The van der Waals surface area contributed by atoms with E-state index in [2.05, 4.69) is 9.69 Å². The summed E-state index contributed by atoms with van der Waals surface area (Å²) in [6.45, 7) is 0. The quantitative estimate of drug-likeness (QED) is 0.748. The maximum atomic E-state index is 12.4. The number of amides is 1. The summed E-state index contributed by atoms with van der Waals surface area (Å²) in [5.74, 6) is 1.18. The smallest absolute Gasteiger partial charge is 0.225 e. The molecular weight excluding hydrogens is 348 g/mol. The van der Waals surface area contributed by atoms with Crippen LogP contribution in [0.15, 0.2) is 48.5 Å². The Labute approximate surface area is 155 Å². The van der Waals surface area contributed by atoms with E-state index in [1.54, 1.807) is 14.2 Å². The molecule has 0 saturated heterocycles. The largest absolute Gasteiger partial charge is 0.493 e. The van der Waals surface area contributed by atoms with E-state index in [0.717, 1.165) is 27.4 Å². The molecule has 0 aliphatic carbocycles. The van der Waals surface area contributed by atoms with Gasteiger partial charge in [0, 0.05) is 23.5 Å². The van der Waals surface area contributed by atoms with E-state index in [9.17, 15) is 4.79 Å². The van der Waals surface area contributed by atoms with Crippen LogP contribution >= 0.6 is 11.5 Å². The number of rotatable bonds is 4. The molecule has 0 radical (unpaired) electrons. The Morgan fingerprint density at radius 1 is 1.08 bits per heavy atom. The molecule has 1 aliphatic heterocycles. The minimum Gasteiger partial charge on any atom is -0.493 e. The molecule has 2 aromatic carbocycles. The van der Waals surface area contributed by atoms with Gasteiger partial charge in [-0.25, -0.2) is 0 Å². The fraction of sp³-hybridized carbons (Fsp3) is 0.200. The minimum atomic E-state index is -0.112. The lowest BCUT2D eigenvalue weighted by Crippen LogP contribution is -2.22. The van der Waals surface area contributed by atoms with Crippen LogP contribution in [0.25, 0.3) is 11.3 Å². The van der Waals surface area contributed by atoms with E-state index in [1.165, 1.54) is 11.5 Å². The van der Waals surface area contributed by atoms with Gasteiger partial charge in [-0.05, 0) is 17.6 Å². The summed E-state index contributed by atoms with van der Waals surface area (Å²) in [5.41, 5.74) is 3.53. The number of benzene rings is 2. The number of carbonyl (C=O) groups is 1. The van der Waals surface area contributed by atoms with Crippen LogP contribution in [-0.2, 0) is 4.79 Å². The molecule has 0 spiro atoms. The Morgan fingerprint density at radius 2 is 1.88 bits per heavy atom. The molecule has 4 rings (SSSR count). The number of aromatic nitrogens is 1. The van der Waals surface area contributed by atoms with Gasteiger partial charge in [0.1, 0.15) is 5.69 Å². The van der Waals surface area contributed by atoms with Crippen LogP contribution in [-0.4, -0.2) is 24.5 Å². The third kappa shape index (κ3) is 2.72. The number of methoxy groups -OCH3 is 2. The molecule has 2 heterocycles. The van der Waals surface area contributed by atoms with E-state index in [-0.39, 0.29) is 11.8 Å². The highest BCUT2D eigenvalue weighted by molar-refractivity contribution is 7.07. The van der Waals surface area contributed by atoms with E-state index in [0.29, 0.717) is 17.9 Å². The Morgan fingerprint density at radius 3 is 2.62 bits per heavy atom. The molecule has 1 N–H and O–H groups in total. The molecule has 132 valence electrons. The molecule has 0 bridgehead atoms. The normalized spacial score (nSPS) is 15.9. The molecule has 1 aromatic heterocycles. The Bertz CT molecular complexity index is 953. The predicted octanol–water partition coefficient (Wildman–Crippen LogP) is 4.30. The van der Waals surface area contributed by atoms with Crippen molar-refractivity contribution < 1.29 is 14.3 Å². The molecule has 5 nitrogen and oxygen atoms in total. The zero-order chi connectivity index (χ0) is 18.1. The second-order valence-electron chi connectivity index (χ2n) is 6.02. The summed E-state index contributed by atoms with van der Waals surface area (Å²) >= 11 is 1.42. The topological polar surface area (TPSA) is 60.5 Å². The number of hydrogen-bond donors (Lipinski definition) is 1. The van der Waals surface area contributed by atoms with Crippen molar-refractivity contribution in [2.45, 2.75) is 12.3 Å². The molecular formula is C20H18N2O3S. The maximum Gasteiger partial charge on any atom is 0.225 e.